The van der Waals surface area contributed by atoms with E-state index in [-0.39, 0.29) is 52.6 Å². The molecule has 3 aliphatic carbocycles. The highest BCUT2D eigenvalue weighted by Gasteiger charge is 2.81. The van der Waals surface area contributed by atoms with Crippen molar-refractivity contribution in [2.24, 2.45) is 11.8 Å². The second kappa shape index (κ2) is 8.67. The topological polar surface area (TPSA) is 140 Å². The average molecular weight is 577 g/mol. The van der Waals surface area contributed by atoms with Crippen molar-refractivity contribution in [2.45, 2.75) is 89.3 Å². The van der Waals surface area contributed by atoms with Crippen molar-refractivity contribution >= 4 is 23.6 Å². The zero-order valence-electron chi connectivity index (χ0n) is 24.7. The highest BCUT2D eigenvalue weighted by atomic mass is 16.6. The number of phenols is 1. The van der Waals surface area contributed by atoms with Crippen LogP contribution in [0.15, 0.2) is 41.5 Å². The number of fused-ring (bicyclic) bond motifs is 2. The van der Waals surface area contributed by atoms with Crippen molar-refractivity contribution in [3.8, 4) is 17.2 Å². The molecule has 5 atom stereocenters. The summed E-state index contributed by atoms with van der Waals surface area (Å²) < 4.78 is 19.9. The number of allylic oxidation sites excluding steroid dienone is 1. The maximum Gasteiger partial charge on any atom is 0.330 e. The number of ether oxygens (including phenoxy) is 3. The van der Waals surface area contributed by atoms with Gasteiger partial charge in [-0.3, -0.25) is 9.59 Å². The number of carboxylic acid groups (broad SMARTS) is 1. The molecule has 7 rings (SSSR count). The number of aliphatic hydroxyl groups excluding tert-OH is 1. The number of ketones is 2. The van der Waals surface area contributed by atoms with Crippen LogP contribution in [-0.2, 0) is 20.7 Å². The summed E-state index contributed by atoms with van der Waals surface area (Å²) in [7, 11) is 0. The minimum absolute atomic E-state index is 0.0247. The predicted molar refractivity (Wildman–Crippen MR) is 153 cm³/mol. The molecule has 0 aromatic heterocycles. The molecule has 9 heteroatoms. The molecule has 1 aromatic carbocycles. The van der Waals surface area contributed by atoms with Gasteiger partial charge in [0.05, 0.1) is 17.3 Å². The zero-order chi connectivity index (χ0) is 30.7. The number of carboxylic acids is 1. The van der Waals surface area contributed by atoms with Crippen LogP contribution in [-0.4, -0.2) is 61.4 Å². The van der Waals surface area contributed by atoms with Gasteiger partial charge in [0, 0.05) is 41.4 Å². The van der Waals surface area contributed by atoms with E-state index in [9.17, 15) is 29.7 Å². The third-order valence-corrected chi connectivity index (χ3v) is 9.62. The number of phenolic OH excluding ortho intramolecular Hbond substituents is 1. The molecule has 2 fully saturated rings. The second-order valence-corrected chi connectivity index (χ2v) is 13.3. The van der Waals surface area contributed by atoms with Crippen LogP contribution in [0.5, 0.6) is 17.2 Å². The first-order valence-corrected chi connectivity index (χ1v) is 14.2. The number of aliphatic hydroxyl groups is 1. The number of hydrogen-bond donors (Lipinski definition) is 3. The van der Waals surface area contributed by atoms with Crippen LogP contribution in [0.3, 0.4) is 0 Å². The maximum absolute atomic E-state index is 14.5. The number of carbonyl (C=O) groups is 3. The van der Waals surface area contributed by atoms with Crippen molar-refractivity contribution in [3.63, 3.8) is 0 Å². The third-order valence-electron chi connectivity index (χ3n) is 9.62. The Labute approximate surface area is 244 Å². The van der Waals surface area contributed by atoms with Crippen LogP contribution in [0.25, 0.3) is 6.08 Å². The fourth-order valence-corrected chi connectivity index (χ4v) is 7.51. The highest BCUT2D eigenvalue weighted by Crippen LogP contribution is 2.68. The molecular weight excluding hydrogens is 540 g/mol. The summed E-state index contributed by atoms with van der Waals surface area (Å²) in [5.74, 6) is -2.98. The van der Waals surface area contributed by atoms with Gasteiger partial charge in [-0.25, -0.2) is 4.79 Å². The first-order valence-electron chi connectivity index (χ1n) is 14.2. The van der Waals surface area contributed by atoms with Crippen LogP contribution >= 0.6 is 0 Å². The summed E-state index contributed by atoms with van der Waals surface area (Å²) in [6.45, 7) is 14.4. The minimum atomic E-state index is -1.69. The SMILES string of the molecule is C=C(C)C(O)Cc1c2c(c(O)c3c1O[C@]14C(=C[C@@H]5CC1C(C)(C)O[C@@]4(C/C=C(\C)C(=O)O)C5=O)C3=O)C=CC(C)(C)O2. The van der Waals surface area contributed by atoms with E-state index in [1.807, 2.05) is 27.7 Å². The van der Waals surface area contributed by atoms with Gasteiger partial charge in [-0.1, -0.05) is 24.3 Å². The quantitative estimate of drug-likeness (QED) is 0.330. The molecule has 3 N–H and O–H groups in total. The largest absolute Gasteiger partial charge is 0.506 e. The number of rotatable bonds is 6. The summed E-state index contributed by atoms with van der Waals surface area (Å²) in [5, 5.41) is 32.1. The molecule has 1 aromatic rings. The summed E-state index contributed by atoms with van der Waals surface area (Å²) in [5.41, 5.74) is -3.59. The number of Topliss-reactive ketones (excluding diaryl/α,β-unsaturated/α-hetero) is 2. The molecule has 4 bridgehead atoms. The van der Waals surface area contributed by atoms with E-state index < -0.39 is 52.1 Å². The molecule has 222 valence electrons. The van der Waals surface area contributed by atoms with Gasteiger partial charge in [0.25, 0.3) is 0 Å². The molecule has 1 spiro atoms. The lowest BCUT2D eigenvalue weighted by Gasteiger charge is -2.56. The monoisotopic (exact) mass is 576 g/mol. The fourth-order valence-electron chi connectivity index (χ4n) is 7.51. The lowest BCUT2D eigenvalue weighted by atomic mass is 9.51. The second-order valence-electron chi connectivity index (χ2n) is 13.3. The summed E-state index contributed by atoms with van der Waals surface area (Å²) in [6, 6.07) is 0. The van der Waals surface area contributed by atoms with Gasteiger partial charge in [-0.2, -0.15) is 0 Å². The van der Waals surface area contributed by atoms with Crippen molar-refractivity contribution in [2.75, 3.05) is 0 Å². The molecule has 1 saturated carbocycles. The van der Waals surface area contributed by atoms with Gasteiger partial charge in [0.2, 0.25) is 0 Å². The van der Waals surface area contributed by atoms with Crippen LogP contribution in [0.4, 0.5) is 0 Å². The normalized spacial score (nSPS) is 31.8. The Balaban J connectivity index is 1.65. The van der Waals surface area contributed by atoms with Gasteiger partial charge in [-0.15, -0.1) is 0 Å². The molecule has 2 unspecified atom stereocenters. The summed E-state index contributed by atoms with van der Waals surface area (Å²) >= 11 is 0. The van der Waals surface area contributed by atoms with Crippen LogP contribution in [0.1, 0.15) is 75.9 Å². The smallest absolute Gasteiger partial charge is 0.330 e. The van der Waals surface area contributed by atoms with E-state index >= 15 is 0 Å². The lowest BCUT2D eigenvalue weighted by molar-refractivity contribution is -0.171. The standard InChI is InChI=1S/C33H36O9/c1-15(2)21(34)14-19-26-18(9-10-30(4,5)40-26)24(35)23-25(36)20-12-17-13-22-31(6,7)42-32(28(17)37,11-8-16(3)29(38)39)33(20,22)41-27(19)23/h8-10,12,17,21-22,34-35H,1,11,13-14H2,2-7H3,(H,38,39)/b16-8+/t17-,21?,22?,32+,33-/m1/s1. The van der Waals surface area contributed by atoms with E-state index in [0.29, 0.717) is 23.1 Å². The zero-order valence-corrected chi connectivity index (χ0v) is 24.7. The Morgan fingerprint density at radius 2 is 1.86 bits per heavy atom. The Kier molecular flexibility index (Phi) is 5.87. The Bertz CT molecular complexity index is 1590. The first-order chi connectivity index (χ1) is 19.5. The number of carbonyl (C=O) groups excluding carboxylic acids is 2. The minimum Gasteiger partial charge on any atom is -0.506 e. The molecule has 9 nitrogen and oxygen atoms in total. The molecule has 0 radical (unpaired) electrons. The Morgan fingerprint density at radius 1 is 1.17 bits per heavy atom. The summed E-state index contributed by atoms with van der Waals surface area (Å²) in [4.78, 5) is 40.4. The van der Waals surface area contributed by atoms with Crippen molar-refractivity contribution in [1.82, 2.24) is 0 Å². The molecule has 3 aliphatic heterocycles. The first kappa shape index (κ1) is 28.4. The highest BCUT2D eigenvalue weighted by molar-refractivity contribution is 6.19. The fraction of sp³-hybridized carbons (Fsp3) is 0.485. The molecule has 42 heavy (non-hydrogen) atoms. The Hall–Kier alpha value is -3.69. The van der Waals surface area contributed by atoms with Gasteiger partial charge in [0.1, 0.15) is 28.4 Å². The molecule has 3 heterocycles. The number of benzene rings is 1. The van der Waals surface area contributed by atoms with E-state index in [1.54, 1.807) is 25.2 Å². The van der Waals surface area contributed by atoms with Crippen molar-refractivity contribution < 1.29 is 43.9 Å². The van der Waals surface area contributed by atoms with Crippen LogP contribution in [0, 0.1) is 11.8 Å². The van der Waals surface area contributed by atoms with Crippen LogP contribution < -0.4 is 9.47 Å². The lowest BCUT2D eigenvalue weighted by Crippen LogP contribution is -2.72. The molecule has 6 aliphatic rings. The van der Waals surface area contributed by atoms with Gasteiger partial charge in [0.15, 0.2) is 22.8 Å². The van der Waals surface area contributed by atoms with Crippen LogP contribution in [0.2, 0.25) is 0 Å². The van der Waals surface area contributed by atoms with Crippen molar-refractivity contribution in [1.29, 1.82) is 0 Å². The van der Waals surface area contributed by atoms with E-state index in [0.717, 1.165) is 0 Å². The van der Waals surface area contributed by atoms with Gasteiger partial charge < -0.3 is 29.5 Å². The van der Waals surface area contributed by atoms with Gasteiger partial charge in [-0.05, 0) is 60.1 Å². The van der Waals surface area contributed by atoms with E-state index in [1.165, 1.54) is 13.0 Å². The maximum atomic E-state index is 14.5. The van der Waals surface area contributed by atoms with Crippen molar-refractivity contribution in [3.05, 3.63) is 58.2 Å². The number of aromatic hydroxyl groups is 1. The van der Waals surface area contributed by atoms with E-state index in [2.05, 4.69) is 6.58 Å². The van der Waals surface area contributed by atoms with E-state index in [4.69, 9.17) is 14.2 Å². The third kappa shape index (κ3) is 3.53. The van der Waals surface area contributed by atoms with Gasteiger partial charge >= 0.3 is 5.97 Å². The molecule has 1 saturated heterocycles. The number of aliphatic carboxylic acids is 1. The average Bonchev–Trinajstić information content (AvgIpc) is 3.05. The number of hydrogen-bond acceptors (Lipinski definition) is 8. The Morgan fingerprint density at radius 3 is 2.50 bits per heavy atom. The summed E-state index contributed by atoms with van der Waals surface area (Å²) in [6.07, 6.45) is 5.78. The predicted octanol–water partition coefficient (Wildman–Crippen LogP) is 4.48. The molecular formula is C33H36O9. The molecule has 0 amide bonds.